The number of hydrogen-bond acceptors (Lipinski definition) is 4. The standard InChI is InChI=1S/C13H13ClFN3O2S/c1-8-2-3-17-7-11(8)18-21(19,20)12-5-10(14)4-9(6-16)13(12)15/h2-5,7,18H,6,16H2,1H3. The van der Waals surface area contributed by atoms with E-state index in [-0.39, 0.29) is 22.8 Å². The van der Waals surface area contributed by atoms with Gasteiger partial charge in [-0.05, 0) is 30.7 Å². The number of sulfonamides is 1. The molecule has 0 fully saturated rings. The molecule has 0 bridgehead atoms. The molecule has 0 atom stereocenters. The van der Waals surface area contributed by atoms with Crippen molar-refractivity contribution >= 4 is 27.3 Å². The van der Waals surface area contributed by atoms with Gasteiger partial charge in [0.1, 0.15) is 10.7 Å². The van der Waals surface area contributed by atoms with Gasteiger partial charge in [0.25, 0.3) is 10.0 Å². The van der Waals surface area contributed by atoms with Gasteiger partial charge in [-0.25, -0.2) is 12.8 Å². The zero-order valence-electron chi connectivity index (χ0n) is 11.1. The maximum atomic E-state index is 14.2. The lowest BCUT2D eigenvalue weighted by atomic mass is 10.2. The first-order chi connectivity index (χ1) is 9.85. The summed E-state index contributed by atoms with van der Waals surface area (Å²) in [5.74, 6) is -0.907. The molecule has 0 saturated heterocycles. The van der Waals surface area contributed by atoms with E-state index >= 15 is 0 Å². The van der Waals surface area contributed by atoms with Gasteiger partial charge in [-0.2, -0.15) is 0 Å². The third-order valence-electron chi connectivity index (χ3n) is 2.87. The monoisotopic (exact) mass is 329 g/mol. The summed E-state index contributed by atoms with van der Waals surface area (Å²) in [5.41, 5.74) is 6.35. The molecule has 0 aliphatic heterocycles. The van der Waals surface area contributed by atoms with Crippen LogP contribution < -0.4 is 10.5 Å². The molecule has 8 heteroatoms. The number of halogens is 2. The second kappa shape index (κ2) is 5.97. The molecule has 112 valence electrons. The Morgan fingerprint density at radius 1 is 1.43 bits per heavy atom. The first-order valence-corrected chi connectivity index (χ1v) is 7.82. The number of pyridine rings is 1. The van der Waals surface area contributed by atoms with Crippen LogP contribution in [0.5, 0.6) is 0 Å². The third kappa shape index (κ3) is 3.31. The summed E-state index contributed by atoms with van der Waals surface area (Å²) < 4.78 is 41.1. The second-order valence-corrected chi connectivity index (χ2v) is 6.46. The van der Waals surface area contributed by atoms with Crippen LogP contribution in [0.3, 0.4) is 0 Å². The quantitative estimate of drug-likeness (QED) is 0.902. The topological polar surface area (TPSA) is 85.1 Å². The Balaban J connectivity index is 2.50. The van der Waals surface area contributed by atoms with E-state index in [2.05, 4.69) is 9.71 Å². The number of nitrogens with one attached hydrogen (secondary N) is 1. The highest BCUT2D eigenvalue weighted by molar-refractivity contribution is 7.92. The molecule has 0 aliphatic carbocycles. The Labute approximate surface area is 127 Å². The summed E-state index contributed by atoms with van der Waals surface area (Å²) in [7, 11) is -4.13. The van der Waals surface area contributed by atoms with E-state index in [0.717, 1.165) is 6.07 Å². The van der Waals surface area contributed by atoms with Crippen LogP contribution in [0.4, 0.5) is 10.1 Å². The first-order valence-electron chi connectivity index (χ1n) is 5.96. The van der Waals surface area contributed by atoms with Gasteiger partial charge in [-0.1, -0.05) is 11.6 Å². The molecular formula is C13H13ClFN3O2S. The average molecular weight is 330 g/mol. The second-order valence-electron chi connectivity index (χ2n) is 4.38. The van der Waals surface area contributed by atoms with Gasteiger partial charge in [0.05, 0.1) is 11.9 Å². The van der Waals surface area contributed by atoms with E-state index in [1.807, 2.05) is 0 Å². The minimum Gasteiger partial charge on any atom is -0.326 e. The average Bonchev–Trinajstić information content (AvgIpc) is 2.43. The predicted octanol–water partition coefficient (Wildman–Crippen LogP) is 2.44. The predicted molar refractivity (Wildman–Crippen MR) is 79.1 cm³/mol. The zero-order chi connectivity index (χ0) is 15.6. The molecule has 0 unspecified atom stereocenters. The molecule has 3 N–H and O–H groups in total. The number of aryl methyl sites for hydroxylation is 1. The van der Waals surface area contributed by atoms with Gasteiger partial charge >= 0.3 is 0 Å². The molecule has 0 saturated carbocycles. The lowest BCUT2D eigenvalue weighted by Crippen LogP contribution is -2.17. The molecule has 0 aliphatic rings. The van der Waals surface area contributed by atoms with Crippen LogP contribution in [0.25, 0.3) is 0 Å². The molecular weight excluding hydrogens is 317 g/mol. The van der Waals surface area contributed by atoms with Gasteiger partial charge in [0.15, 0.2) is 0 Å². The molecule has 21 heavy (non-hydrogen) atoms. The molecule has 5 nitrogen and oxygen atoms in total. The number of anilines is 1. The normalized spacial score (nSPS) is 11.4. The third-order valence-corrected chi connectivity index (χ3v) is 4.46. The van der Waals surface area contributed by atoms with Crippen LogP contribution in [0, 0.1) is 12.7 Å². The SMILES string of the molecule is Cc1ccncc1NS(=O)(=O)c1cc(Cl)cc(CN)c1F. The highest BCUT2D eigenvalue weighted by Crippen LogP contribution is 2.26. The van der Waals surface area contributed by atoms with Gasteiger partial charge in [-0.15, -0.1) is 0 Å². The van der Waals surface area contributed by atoms with Crippen LogP contribution in [0.15, 0.2) is 35.5 Å². The van der Waals surface area contributed by atoms with E-state index in [1.165, 1.54) is 18.5 Å². The van der Waals surface area contributed by atoms with E-state index in [1.54, 1.807) is 13.0 Å². The highest BCUT2D eigenvalue weighted by atomic mass is 35.5. The van der Waals surface area contributed by atoms with Gasteiger partial charge in [0.2, 0.25) is 0 Å². The van der Waals surface area contributed by atoms with E-state index in [0.29, 0.717) is 5.56 Å². The lowest BCUT2D eigenvalue weighted by molar-refractivity contribution is 0.561. The summed E-state index contributed by atoms with van der Waals surface area (Å²) in [6, 6.07) is 3.98. The summed E-state index contributed by atoms with van der Waals surface area (Å²) >= 11 is 5.81. The summed E-state index contributed by atoms with van der Waals surface area (Å²) in [5, 5.41) is 0.0973. The summed E-state index contributed by atoms with van der Waals surface area (Å²) in [6.07, 6.45) is 2.87. The van der Waals surface area contributed by atoms with Crippen LogP contribution in [0.1, 0.15) is 11.1 Å². The molecule has 2 rings (SSSR count). The van der Waals surface area contributed by atoms with E-state index in [9.17, 15) is 12.8 Å². The van der Waals surface area contributed by atoms with Crippen molar-refractivity contribution in [2.75, 3.05) is 4.72 Å². The Morgan fingerprint density at radius 2 is 2.14 bits per heavy atom. The number of nitrogens with zero attached hydrogens (tertiary/aromatic N) is 1. The molecule has 1 aromatic heterocycles. The van der Waals surface area contributed by atoms with Crippen molar-refractivity contribution in [2.24, 2.45) is 5.73 Å². The summed E-state index contributed by atoms with van der Waals surface area (Å²) in [6.45, 7) is 1.56. The van der Waals surface area contributed by atoms with Crippen LogP contribution in [0.2, 0.25) is 5.02 Å². The van der Waals surface area contributed by atoms with Crippen molar-refractivity contribution in [1.82, 2.24) is 4.98 Å². The molecule has 0 radical (unpaired) electrons. The van der Waals surface area contributed by atoms with Crippen molar-refractivity contribution in [2.45, 2.75) is 18.4 Å². The fourth-order valence-corrected chi connectivity index (χ4v) is 3.30. The Bertz CT molecular complexity index is 781. The highest BCUT2D eigenvalue weighted by Gasteiger charge is 2.23. The van der Waals surface area contributed by atoms with Crippen molar-refractivity contribution in [3.8, 4) is 0 Å². The Kier molecular flexibility index (Phi) is 4.46. The fraction of sp³-hybridized carbons (Fsp3) is 0.154. The van der Waals surface area contributed by atoms with Gasteiger partial charge in [-0.3, -0.25) is 9.71 Å². The number of benzene rings is 1. The van der Waals surface area contributed by atoms with Crippen LogP contribution in [-0.2, 0) is 16.6 Å². The number of nitrogens with two attached hydrogens (primary N) is 1. The molecule has 2 aromatic rings. The van der Waals surface area contributed by atoms with E-state index < -0.39 is 20.7 Å². The van der Waals surface area contributed by atoms with Crippen LogP contribution in [-0.4, -0.2) is 13.4 Å². The molecule has 0 amide bonds. The first kappa shape index (κ1) is 15.7. The van der Waals surface area contributed by atoms with Gasteiger partial charge < -0.3 is 5.73 Å². The number of rotatable bonds is 4. The minimum absolute atomic E-state index is 0.0331. The summed E-state index contributed by atoms with van der Waals surface area (Å²) in [4.78, 5) is 3.29. The number of hydrogen-bond donors (Lipinski definition) is 2. The molecule has 0 spiro atoms. The smallest absolute Gasteiger partial charge is 0.264 e. The van der Waals surface area contributed by atoms with Crippen molar-refractivity contribution in [3.63, 3.8) is 0 Å². The lowest BCUT2D eigenvalue weighted by Gasteiger charge is -2.12. The largest absolute Gasteiger partial charge is 0.326 e. The van der Waals surface area contributed by atoms with E-state index in [4.69, 9.17) is 17.3 Å². The molecule has 1 heterocycles. The Hall–Kier alpha value is -1.70. The van der Waals surface area contributed by atoms with Gasteiger partial charge in [0, 0.05) is 23.3 Å². The maximum Gasteiger partial charge on any atom is 0.264 e. The zero-order valence-corrected chi connectivity index (χ0v) is 12.7. The molecule has 1 aromatic carbocycles. The van der Waals surface area contributed by atoms with Crippen molar-refractivity contribution in [3.05, 3.63) is 52.6 Å². The fourth-order valence-electron chi connectivity index (χ4n) is 1.73. The minimum atomic E-state index is -4.13. The van der Waals surface area contributed by atoms with Crippen molar-refractivity contribution < 1.29 is 12.8 Å². The number of aromatic nitrogens is 1. The van der Waals surface area contributed by atoms with Crippen molar-refractivity contribution in [1.29, 1.82) is 0 Å². The maximum absolute atomic E-state index is 14.2. The Morgan fingerprint density at radius 3 is 2.76 bits per heavy atom. The van der Waals surface area contributed by atoms with Crippen LogP contribution >= 0.6 is 11.6 Å².